The van der Waals surface area contributed by atoms with Crippen LogP contribution in [0, 0.1) is 5.92 Å². The molecule has 2 aliphatic rings. The molecule has 1 aromatic carbocycles. The molecule has 0 radical (unpaired) electrons. The highest BCUT2D eigenvalue weighted by Crippen LogP contribution is 2.39. The predicted molar refractivity (Wildman–Crippen MR) is 91.9 cm³/mol. The highest BCUT2D eigenvalue weighted by atomic mass is 35.5. The van der Waals surface area contributed by atoms with Crippen LogP contribution in [0.25, 0.3) is 0 Å². The van der Waals surface area contributed by atoms with Crippen molar-refractivity contribution in [1.29, 1.82) is 0 Å². The maximum atomic E-state index is 11.3. The van der Waals surface area contributed by atoms with Gasteiger partial charge in [-0.05, 0) is 44.4 Å². The van der Waals surface area contributed by atoms with Crippen LogP contribution in [0.5, 0.6) is 11.5 Å². The Labute approximate surface area is 147 Å². The van der Waals surface area contributed by atoms with Gasteiger partial charge in [-0.15, -0.1) is 0 Å². The Kier molecular flexibility index (Phi) is 5.21. The molecular weight excluding hydrogens is 330 g/mol. The molecule has 2 atom stereocenters. The lowest BCUT2D eigenvalue weighted by atomic mass is 9.87. The van der Waals surface area contributed by atoms with Gasteiger partial charge in [0.15, 0.2) is 11.5 Å². The van der Waals surface area contributed by atoms with E-state index in [4.69, 9.17) is 21.1 Å². The Hall–Kier alpha value is -1.46. The SMILES string of the molecule is CC1CC(C(=O)O)CC(C)N1Cc1cc(Cl)c2c(c1)OCCCO2. The number of hydrogen-bond donors (Lipinski definition) is 1. The van der Waals surface area contributed by atoms with Crippen LogP contribution in [0.1, 0.15) is 38.7 Å². The van der Waals surface area contributed by atoms with Gasteiger partial charge in [0.05, 0.1) is 24.2 Å². The lowest BCUT2D eigenvalue weighted by Gasteiger charge is -2.41. The Morgan fingerprint density at radius 3 is 2.58 bits per heavy atom. The van der Waals surface area contributed by atoms with Crippen LogP contribution < -0.4 is 9.47 Å². The van der Waals surface area contributed by atoms with Gasteiger partial charge in [0.25, 0.3) is 0 Å². The van der Waals surface area contributed by atoms with E-state index in [0.29, 0.717) is 42.6 Å². The van der Waals surface area contributed by atoms with Crippen LogP contribution in [0.2, 0.25) is 5.02 Å². The molecule has 0 aromatic heterocycles. The first-order valence-electron chi connectivity index (χ1n) is 8.52. The molecule has 24 heavy (non-hydrogen) atoms. The monoisotopic (exact) mass is 353 g/mol. The Morgan fingerprint density at radius 2 is 1.92 bits per heavy atom. The molecule has 0 spiro atoms. The number of ether oxygens (including phenoxy) is 2. The fraction of sp³-hybridized carbons (Fsp3) is 0.611. The molecule has 0 bridgehead atoms. The van der Waals surface area contributed by atoms with Gasteiger partial charge in [-0.25, -0.2) is 0 Å². The standard InChI is InChI=1S/C18H24ClNO4/c1-11-6-14(18(21)22)7-12(2)20(11)10-13-8-15(19)17-16(9-13)23-4-3-5-24-17/h8-9,11-12,14H,3-7,10H2,1-2H3,(H,21,22). The van der Waals surface area contributed by atoms with Crippen molar-refractivity contribution in [1.82, 2.24) is 4.90 Å². The smallest absolute Gasteiger partial charge is 0.306 e. The number of benzene rings is 1. The van der Waals surface area contributed by atoms with Crippen molar-refractivity contribution >= 4 is 17.6 Å². The quantitative estimate of drug-likeness (QED) is 0.900. The van der Waals surface area contributed by atoms with E-state index in [1.807, 2.05) is 12.1 Å². The first kappa shape index (κ1) is 17.4. The van der Waals surface area contributed by atoms with Gasteiger partial charge in [-0.1, -0.05) is 11.6 Å². The van der Waals surface area contributed by atoms with E-state index in [9.17, 15) is 9.90 Å². The van der Waals surface area contributed by atoms with Gasteiger partial charge < -0.3 is 14.6 Å². The van der Waals surface area contributed by atoms with Crippen LogP contribution in [0.4, 0.5) is 0 Å². The number of halogens is 1. The fourth-order valence-corrected chi connectivity index (χ4v) is 4.01. The summed E-state index contributed by atoms with van der Waals surface area (Å²) in [5, 5.41) is 9.85. The van der Waals surface area contributed by atoms with E-state index in [0.717, 1.165) is 18.5 Å². The zero-order chi connectivity index (χ0) is 17.3. The average Bonchev–Trinajstić information content (AvgIpc) is 2.76. The summed E-state index contributed by atoms with van der Waals surface area (Å²) in [5.74, 6) is 0.393. The Bertz CT molecular complexity index is 609. The fourth-order valence-electron chi connectivity index (χ4n) is 3.72. The maximum absolute atomic E-state index is 11.3. The highest BCUT2D eigenvalue weighted by Gasteiger charge is 2.34. The molecule has 5 nitrogen and oxygen atoms in total. The zero-order valence-corrected chi connectivity index (χ0v) is 14.9. The molecule has 2 heterocycles. The van der Waals surface area contributed by atoms with E-state index in [2.05, 4.69) is 18.7 Å². The second kappa shape index (κ2) is 7.19. The Balaban J connectivity index is 1.77. The number of likely N-dealkylation sites (tertiary alicyclic amines) is 1. The summed E-state index contributed by atoms with van der Waals surface area (Å²) in [5.41, 5.74) is 1.07. The third-order valence-corrected chi connectivity index (χ3v) is 5.24. The minimum absolute atomic E-state index is 0.213. The minimum Gasteiger partial charge on any atom is -0.489 e. The summed E-state index contributed by atoms with van der Waals surface area (Å²) in [6, 6.07) is 4.35. The van der Waals surface area contributed by atoms with E-state index >= 15 is 0 Å². The van der Waals surface area contributed by atoms with E-state index < -0.39 is 5.97 Å². The number of nitrogens with zero attached hydrogens (tertiary/aromatic N) is 1. The van der Waals surface area contributed by atoms with Crippen molar-refractivity contribution in [2.75, 3.05) is 13.2 Å². The van der Waals surface area contributed by atoms with Crippen LogP contribution in [-0.2, 0) is 11.3 Å². The molecule has 0 amide bonds. The summed E-state index contributed by atoms with van der Waals surface area (Å²) in [7, 11) is 0. The normalized spacial score (nSPS) is 27.5. The van der Waals surface area contributed by atoms with Gasteiger partial charge in [0, 0.05) is 25.0 Å². The first-order chi connectivity index (χ1) is 11.5. The van der Waals surface area contributed by atoms with Gasteiger partial charge in [-0.3, -0.25) is 9.69 Å². The second-order valence-electron chi connectivity index (χ2n) is 6.83. The van der Waals surface area contributed by atoms with Crippen molar-refractivity contribution in [2.45, 2.75) is 51.7 Å². The minimum atomic E-state index is -0.688. The molecule has 1 aromatic rings. The topological polar surface area (TPSA) is 59.0 Å². The summed E-state index contributed by atoms with van der Waals surface area (Å²) < 4.78 is 11.4. The molecule has 132 valence electrons. The first-order valence-corrected chi connectivity index (χ1v) is 8.90. The molecule has 0 aliphatic carbocycles. The maximum Gasteiger partial charge on any atom is 0.306 e. The number of carboxylic acids is 1. The summed E-state index contributed by atoms with van der Waals surface area (Å²) in [6.07, 6.45) is 2.20. The van der Waals surface area contributed by atoms with Crippen molar-refractivity contribution in [3.05, 3.63) is 22.7 Å². The van der Waals surface area contributed by atoms with Crippen molar-refractivity contribution in [2.24, 2.45) is 5.92 Å². The molecular formula is C18H24ClNO4. The number of piperidine rings is 1. The van der Waals surface area contributed by atoms with Gasteiger partial charge in [-0.2, -0.15) is 0 Å². The molecule has 1 N–H and O–H groups in total. The molecule has 0 saturated carbocycles. The predicted octanol–water partition coefficient (Wildman–Crippen LogP) is 3.57. The van der Waals surface area contributed by atoms with Crippen LogP contribution in [-0.4, -0.2) is 41.3 Å². The third kappa shape index (κ3) is 3.62. The molecule has 2 aliphatic heterocycles. The number of aliphatic carboxylic acids is 1. The van der Waals surface area contributed by atoms with E-state index in [1.165, 1.54) is 0 Å². The lowest BCUT2D eigenvalue weighted by molar-refractivity contribution is -0.145. The van der Waals surface area contributed by atoms with E-state index in [-0.39, 0.29) is 18.0 Å². The highest BCUT2D eigenvalue weighted by molar-refractivity contribution is 6.32. The summed E-state index contributed by atoms with van der Waals surface area (Å²) >= 11 is 6.37. The van der Waals surface area contributed by atoms with Crippen molar-refractivity contribution < 1.29 is 19.4 Å². The average molecular weight is 354 g/mol. The molecule has 6 heteroatoms. The molecule has 2 unspecified atom stereocenters. The van der Waals surface area contributed by atoms with Gasteiger partial charge in [0.2, 0.25) is 0 Å². The Morgan fingerprint density at radius 1 is 1.25 bits per heavy atom. The number of rotatable bonds is 3. The molecule has 1 saturated heterocycles. The number of carbonyl (C=O) groups is 1. The summed E-state index contributed by atoms with van der Waals surface area (Å²) in [6.45, 7) is 6.16. The van der Waals surface area contributed by atoms with Gasteiger partial charge in [0.1, 0.15) is 0 Å². The number of fused-ring (bicyclic) bond motifs is 1. The van der Waals surface area contributed by atoms with Crippen molar-refractivity contribution in [3.8, 4) is 11.5 Å². The number of carboxylic acid groups (broad SMARTS) is 1. The summed E-state index contributed by atoms with van der Waals surface area (Å²) in [4.78, 5) is 13.6. The van der Waals surface area contributed by atoms with Crippen LogP contribution >= 0.6 is 11.6 Å². The number of hydrogen-bond acceptors (Lipinski definition) is 4. The zero-order valence-electron chi connectivity index (χ0n) is 14.1. The third-order valence-electron chi connectivity index (χ3n) is 4.96. The van der Waals surface area contributed by atoms with Gasteiger partial charge >= 0.3 is 5.97 Å². The molecule has 3 rings (SSSR count). The van der Waals surface area contributed by atoms with Crippen LogP contribution in [0.3, 0.4) is 0 Å². The lowest BCUT2D eigenvalue weighted by Crippen LogP contribution is -2.47. The van der Waals surface area contributed by atoms with Crippen LogP contribution in [0.15, 0.2) is 12.1 Å². The molecule has 1 fully saturated rings. The van der Waals surface area contributed by atoms with Crippen molar-refractivity contribution in [3.63, 3.8) is 0 Å². The second-order valence-corrected chi connectivity index (χ2v) is 7.24. The largest absolute Gasteiger partial charge is 0.489 e. The van der Waals surface area contributed by atoms with E-state index in [1.54, 1.807) is 0 Å².